The molecule has 21 heavy (non-hydrogen) atoms. The van der Waals surface area contributed by atoms with Gasteiger partial charge in [-0.2, -0.15) is 0 Å². The van der Waals surface area contributed by atoms with Crippen LogP contribution in [0.25, 0.3) is 0 Å². The summed E-state index contributed by atoms with van der Waals surface area (Å²) < 4.78 is 11.1. The van der Waals surface area contributed by atoms with E-state index in [1.165, 1.54) is 0 Å². The first-order chi connectivity index (χ1) is 9.99. The minimum atomic E-state index is -0.660. The van der Waals surface area contributed by atoms with Gasteiger partial charge >= 0.3 is 5.97 Å². The van der Waals surface area contributed by atoms with E-state index in [0.717, 1.165) is 16.7 Å². The normalized spacial score (nSPS) is 11.8. The molecule has 3 heteroatoms. The van der Waals surface area contributed by atoms with E-state index in [-0.39, 0.29) is 0 Å². The maximum absolute atomic E-state index is 12.2. The van der Waals surface area contributed by atoms with Crippen molar-refractivity contribution < 1.29 is 14.3 Å². The number of aryl methyl sites for hydroxylation is 2. The highest BCUT2D eigenvalue weighted by Gasteiger charge is 2.19. The molecule has 0 aliphatic rings. The van der Waals surface area contributed by atoms with Crippen LogP contribution < -0.4 is 9.47 Å². The van der Waals surface area contributed by atoms with Gasteiger partial charge < -0.3 is 9.47 Å². The Morgan fingerprint density at radius 2 is 1.57 bits per heavy atom. The molecule has 0 aromatic heterocycles. The number of carbonyl (C=O) groups excluding carboxylic acids is 1. The van der Waals surface area contributed by atoms with Crippen molar-refractivity contribution >= 4 is 5.97 Å². The van der Waals surface area contributed by atoms with Crippen LogP contribution in [0.5, 0.6) is 11.5 Å². The Morgan fingerprint density at radius 3 is 2.24 bits per heavy atom. The molecule has 2 aromatic carbocycles. The molecular weight excluding hydrogens is 264 g/mol. The quantitative estimate of drug-likeness (QED) is 0.629. The second-order valence-corrected chi connectivity index (χ2v) is 5.15. The monoisotopic (exact) mass is 284 g/mol. The fourth-order valence-electron chi connectivity index (χ4n) is 2.02. The highest BCUT2D eigenvalue weighted by molar-refractivity contribution is 5.78. The highest BCUT2D eigenvalue weighted by atomic mass is 16.6. The van der Waals surface area contributed by atoms with E-state index >= 15 is 0 Å². The van der Waals surface area contributed by atoms with Crippen LogP contribution >= 0.6 is 0 Å². The Hall–Kier alpha value is -2.29. The number of carbonyl (C=O) groups is 1. The summed E-state index contributed by atoms with van der Waals surface area (Å²) in [6.45, 7) is 7.57. The number of rotatable bonds is 4. The van der Waals surface area contributed by atoms with Gasteiger partial charge in [-0.1, -0.05) is 30.3 Å². The van der Waals surface area contributed by atoms with Gasteiger partial charge in [0.25, 0.3) is 0 Å². The summed E-state index contributed by atoms with van der Waals surface area (Å²) in [5, 5.41) is 0. The topological polar surface area (TPSA) is 35.5 Å². The molecule has 0 aliphatic heterocycles. The Bertz CT molecular complexity index is 632. The van der Waals surface area contributed by atoms with Crippen LogP contribution in [-0.4, -0.2) is 12.1 Å². The largest absolute Gasteiger partial charge is 0.479 e. The molecular formula is C18H20O3. The second kappa shape index (κ2) is 6.44. The van der Waals surface area contributed by atoms with Crippen molar-refractivity contribution in [1.82, 2.24) is 0 Å². The van der Waals surface area contributed by atoms with E-state index in [4.69, 9.17) is 9.47 Å². The Morgan fingerprint density at radius 1 is 0.952 bits per heavy atom. The van der Waals surface area contributed by atoms with Crippen LogP contribution in [0.1, 0.15) is 23.6 Å². The maximum Gasteiger partial charge on any atom is 0.352 e. The third kappa shape index (κ3) is 3.63. The lowest BCUT2D eigenvalue weighted by atomic mass is 10.1. The number of ether oxygens (including phenoxy) is 2. The lowest BCUT2D eigenvalue weighted by Crippen LogP contribution is -2.28. The van der Waals surface area contributed by atoms with Crippen LogP contribution in [0.3, 0.4) is 0 Å². The maximum atomic E-state index is 12.2. The Balaban J connectivity index is 2.10. The predicted octanol–water partition coefficient (Wildman–Crippen LogP) is 3.98. The van der Waals surface area contributed by atoms with Gasteiger partial charge in [-0.05, 0) is 56.5 Å². The molecule has 110 valence electrons. The van der Waals surface area contributed by atoms with Gasteiger partial charge in [-0.3, -0.25) is 0 Å². The van der Waals surface area contributed by atoms with E-state index in [1.807, 2.05) is 63.2 Å². The van der Waals surface area contributed by atoms with Crippen LogP contribution in [0.2, 0.25) is 0 Å². The SMILES string of the molecule is Cc1ccc(C)c(OC(=O)C(C)Oc2ccccc2)c1C. The van der Waals surface area contributed by atoms with Crippen LogP contribution in [0, 0.1) is 20.8 Å². The molecule has 0 bridgehead atoms. The van der Waals surface area contributed by atoms with Crippen molar-refractivity contribution in [2.75, 3.05) is 0 Å². The van der Waals surface area contributed by atoms with Crippen molar-refractivity contribution in [3.8, 4) is 11.5 Å². The minimum absolute atomic E-state index is 0.393. The summed E-state index contributed by atoms with van der Waals surface area (Å²) in [5.74, 6) is 0.888. The zero-order valence-electron chi connectivity index (χ0n) is 12.8. The minimum Gasteiger partial charge on any atom is -0.479 e. The molecule has 0 N–H and O–H groups in total. The summed E-state index contributed by atoms with van der Waals surface area (Å²) in [5.41, 5.74) is 3.02. The molecule has 3 nitrogen and oxygen atoms in total. The molecule has 0 aliphatic carbocycles. The van der Waals surface area contributed by atoms with Crippen molar-refractivity contribution in [3.63, 3.8) is 0 Å². The first-order valence-corrected chi connectivity index (χ1v) is 6.99. The van der Waals surface area contributed by atoms with Gasteiger partial charge in [0.2, 0.25) is 0 Å². The molecule has 0 radical (unpaired) electrons. The van der Waals surface area contributed by atoms with E-state index in [9.17, 15) is 4.79 Å². The number of benzene rings is 2. The van der Waals surface area contributed by atoms with E-state index in [1.54, 1.807) is 6.92 Å². The lowest BCUT2D eigenvalue weighted by molar-refractivity contribution is -0.141. The molecule has 0 saturated heterocycles. The number of para-hydroxylation sites is 1. The number of esters is 1. The summed E-state index contributed by atoms with van der Waals surface area (Å²) in [6, 6.07) is 13.2. The molecule has 1 atom stereocenters. The fraction of sp³-hybridized carbons (Fsp3) is 0.278. The van der Waals surface area contributed by atoms with Gasteiger partial charge in [0.1, 0.15) is 11.5 Å². The van der Waals surface area contributed by atoms with Crippen molar-refractivity contribution in [2.24, 2.45) is 0 Å². The average molecular weight is 284 g/mol. The zero-order valence-corrected chi connectivity index (χ0v) is 12.8. The number of hydrogen-bond donors (Lipinski definition) is 0. The van der Waals surface area contributed by atoms with Crippen molar-refractivity contribution in [3.05, 3.63) is 59.2 Å². The van der Waals surface area contributed by atoms with E-state index in [2.05, 4.69) is 0 Å². The molecule has 2 rings (SSSR count). The summed E-state index contributed by atoms with van der Waals surface area (Å²) in [6.07, 6.45) is -0.660. The lowest BCUT2D eigenvalue weighted by Gasteiger charge is -2.16. The Labute approximate surface area is 125 Å². The smallest absolute Gasteiger partial charge is 0.352 e. The van der Waals surface area contributed by atoms with Crippen LogP contribution in [-0.2, 0) is 4.79 Å². The van der Waals surface area contributed by atoms with E-state index in [0.29, 0.717) is 11.5 Å². The van der Waals surface area contributed by atoms with Crippen molar-refractivity contribution in [1.29, 1.82) is 0 Å². The highest BCUT2D eigenvalue weighted by Crippen LogP contribution is 2.26. The molecule has 1 unspecified atom stereocenters. The van der Waals surface area contributed by atoms with E-state index < -0.39 is 12.1 Å². The van der Waals surface area contributed by atoms with Gasteiger partial charge in [0.05, 0.1) is 0 Å². The van der Waals surface area contributed by atoms with Gasteiger partial charge in [-0.15, -0.1) is 0 Å². The first-order valence-electron chi connectivity index (χ1n) is 6.99. The van der Waals surface area contributed by atoms with Gasteiger partial charge in [0, 0.05) is 0 Å². The standard InChI is InChI=1S/C18H20O3/c1-12-10-11-13(2)17(14(12)3)21-18(19)15(4)20-16-8-6-5-7-9-16/h5-11,15H,1-4H3. The first kappa shape index (κ1) is 15.1. The van der Waals surface area contributed by atoms with Crippen molar-refractivity contribution in [2.45, 2.75) is 33.8 Å². The number of hydrogen-bond acceptors (Lipinski definition) is 3. The molecule has 0 heterocycles. The molecule has 2 aromatic rings. The predicted molar refractivity (Wildman–Crippen MR) is 82.8 cm³/mol. The molecule has 0 fully saturated rings. The second-order valence-electron chi connectivity index (χ2n) is 5.15. The van der Waals surface area contributed by atoms with Gasteiger partial charge in [-0.25, -0.2) is 4.79 Å². The summed E-state index contributed by atoms with van der Waals surface area (Å²) >= 11 is 0. The van der Waals surface area contributed by atoms with Crippen LogP contribution in [0.4, 0.5) is 0 Å². The molecule has 0 saturated carbocycles. The Kier molecular flexibility index (Phi) is 4.63. The van der Waals surface area contributed by atoms with Crippen LogP contribution in [0.15, 0.2) is 42.5 Å². The fourth-order valence-corrected chi connectivity index (χ4v) is 2.02. The third-order valence-electron chi connectivity index (χ3n) is 3.46. The zero-order chi connectivity index (χ0) is 15.4. The molecule has 0 amide bonds. The summed E-state index contributed by atoms with van der Waals surface area (Å²) in [7, 11) is 0. The molecule has 0 spiro atoms. The third-order valence-corrected chi connectivity index (χ3v) is 3.46. The average Bonchev–Trinajstić information content (AvgIpc) is 2.48. The summed E-state index contributed by atoms with van der Waals surface area (Å²) in [4.78, 5) is 12.2. The van der Waals surface area contributed by atoms with Gasteiger partial charge in [0.15, 0.2) is 6.10 Å².